The number of benzene rings is 2. The Hall–Kier alpha value is -2.88. The van der Waals surface area contributed by atoms with Gasteiger partial charge < -0.3 is 19.0 Å². The summed E-state index contributed by atoms with van der Waals surface area (Å²) in [6.45, 7) is 2.82. The summed E-state index contributed by atoms with van der Waals surface area (Å²) in [6, 6.07) is 7.83. The summed E-state index contributed by atoms with van der Waals surface area (Å²) in [5.74, 6) is -1.87. The van der Waals surface area contributed by atoms with Crippen molar-refractivity contribution < 1.29 is 23.6 Å². The molecule has 2 N–H and O–H groups in total. The molecule has 0 spiro atoms. The first-order valence-electron chi connectivity index (χ1n) is 12.3. The van der Waals surface area contributed by atoms with Gasteiger partial charge in [0.15, 0.2) is 10.6 Å². The van der Waals surface area contributed by atoms with Gasteiger partial charge in [-0.1, -0.05) is 32.6 Å². The molecule has 3 aromatic rings. The standard InChI is InChI=1S/C27H31FN2O5S/c1-3-4-5-6-7-14-29-36(34)19-12-8-17(9-13-19)23-22(28)15-20-24(26(23)35-2)30(18-10-11-18)16-21(25(20)31)27(32)33/h8-9,12-13,15-16,18,29H,3-7,10-11,14H2,1-2H3,(H,32,33). The van der Waals surface area contributed by atoms with E-state index in [9.17, 15) is 19.2 Å². The zero-order chi connectivity index (χ0) is 25.8. The molecule has 1 saturated carbocycles. The average Bonchev–Trinajstić information content (AvgIpc) is 3.71. The largest absolute Gasteiger partial charge is 0.593 e. The molecule has 192 valence electrons. The first-order chi connectivity index (χ1) is 17.4. The second-order valence-corrected chi connectivity index (χ2v) is 10.4. The van der Waals surface area contributed by atoms with Gasteiger partial charge in [-0.25, -0.2) is 9.18 Å². The van der Waals surface area contributed by atoms with E-state index in [1.807, 2.05) is 0 Å². The van der Waals surface area contributed by atoms with E-state index in [1.165, 1.54) is 32.6 Å². The van der Waals surface area contributed by atoms with E-state index in [0.717, 1.165) is 31.7 Å². The lowest BCUT2D eigenvalue weighted by Gasteiger charge is -2.18. The molecule has 1 aliphatic carbocycles. The van der Waals surface area contributed by atoms with Crippen LogP contribution in [0.25, 0.3) is 22.0 Å². The molecule has 0 amide bonds. The number of ether oxygens (including phenoxy) is 1. The van der Waals surface area contributed by atoms with Crippen molar-refractivity contribution in [3.8, 4) is 16.9 Å². The van der Waals surface area contributed by atoms with Crippen LogP contribution in [0.5, 0.6) is 5.75 Å². The van der Waals surface area contributed by atoms with E-state index in [1.54, 1.807) is 28.8 Å². The Morgan fingerprint density at radius 1 is 1.22 bits per heavy atom. The second-order valence-electron chi connectivity index (χ2n) is 9.08. The molecular weight excluding hydrogens is 483 g/mol. The van der Waals surface area contributed by atoms with Crippen molar-refractivity contribution in [3.63, 3.8) is 0 Å². The summed E-state index contributed by atoms with van der Waals surface area (Å²) >= 11 is -1.38. The summed E-state index contributed by atoms with van der Waals surface area (Å²) < 4.78 is 38.4. The molecular formula is C27H31FN2O5S. The maximum absolute atomic E-state index is 15.4. The van der Waals surface area contributed by atoms with Gasteiger partial charge in [0.1, 0.15) is 11.4 Å². The number of aromatic carboxylic acids is 1. The van der Waals surface area contributed by atoms with Crippen LogP contribution in [-0.4, -0.2) is 33.9 Å². The number of methoxy groups -OCH3 is 1. The van der Waals surface area contributed by atoms with E-state index in [0.29, 0.717) is 22.5 Å². The third-order valence-corrected chi connectivity index (χ3v) is 7.63. The molecule has 0 bridgehead atoms. The zero-order valence-corrected chi connectivity index (χ0v) is 21.3. The molecule has 1 aromatic heterocycles. The van der Waals surface area contributed by atoms with Crippen molar-refractivity contribution in [2.75, 3.05) is 13.7 Å². The summed E-state index contributed by atoms with van der Waals surface area (Å²) in [5.41, 5.74) is -0.0893. The van der Waals surface area contributed by atoms with E-state index in [2.05, 4.69) is 11.6 Å². The molecule has 1 heterocycles. The molecule has 1 fully saturated rings. The van der Waals surface area contributed by atoms with Crippen LogP contribution in [0, 0.1) is 5.82 Å². The summed E-state index contributed by atoms with van der Waals surface area (Å²) in [7, 11) is 1.40. The SMILES string of the molecule is CCCCCCCN[S+]([O-])c1ccc(-c2c(F)cc3c(=O)c(C(=O)O)cn(C4CC4)c3c2OC)cc1. The fourth-order valence-corrected chi connectivity index (χ4v) is 5.32. The molecule has 36 heavy (non-hydrogen) atoms. The van der Waals surface area contributed by atoms with Crippen LogP contribution in [0.15, 0.2) is 46.2 Å². The Balaban J connectivity index is 1.67. The topological polar surface area (TPSA) is 104 Å². The van der Waals surface area contributed by atoms with E-state index in [4.69, 9.17) is 4.74 Å². The molecule has 1 unspecified atom stereocenters. The Bertz CT molecular complexity index is 1300. The van der Waals surface area contributed by atoms with E-state index < -0.39 is 34.1 Å². The van der Waals surface area contributed by atoms with E-state index >= 15 is 4.39 Å². The van der Waals surface area contributed by atoms with Crippen LogP contribution < -0.4 is 14.9 Å². The lowest BCUT2D eigenvalue weighted by atomic mass is 10.00. The highest BCUT2D eigenvalue weighted by Gasteiger charge is 2.30. The van der Waals surface area contributed by atoms with Crippen molar-refractivity contribution in [3.05, 3.63) is 58.1 Å². The number of nitrogens with zero attached hydrogens (tertiary/aromatic N) is 1. The van der Waals surface area contributed by atoms with Crippen LogP contribution in [0.3, 0.4) is 0 Å². The number of hydrogen-bond acceptors (Lipinski definition) is 5. The summed E-state index contributed by atoms with van der Waals surface area (Å²) in [5, 5.41) is 9.46. The van der Waals surface area contributed by atoms with Crippen molar-refractivity contribution in [2.24, 2.45) is 0 Å². The number of halogens is 1. The molecule has 1 atom stereocenters. The lowest BCUT2D eigenvalue weighted by molar-refractivity contribution is 0.0694. The predicted molar refractivity (Wildman–Crippen MR) is 139 cm³/mol. The molecule has 0 radical (unpaired) electrons. The number of pyridine rings is 1. The number of carboxylic acid groups (broad SMARTS) is 1. The number of fused-ring (bicyclic) bond motifs is 1. The van der Waals surface area contributed by atoms with Gasteiger partial charge in [0.05, 0.1) is 34.9 Å². The average molecular weight is 515 g/mol. The van der Waals surface area contributed by atoms with Crippen molar-refractivity contribution in [1.29, 1.82) is 0 Å². The number of unbranched alkanes of at least 4 members (excludes halogenated alkanes) is 4. The van der Waals surface area contributed by atoms with Crippen LogP contribution in [0.2, 0.25) is 0 Å². The number of nitrogens with one attached hydrogen (secondary N) is 1. The molecule has 2 aromatic carbocycles. The fraction of sp³-hybridized carbons (Fsp3) is 0.407. The highest BCUT2D eigenvalue weighted by molar-refractivity contribution is 7.89. The van der Waals surface area contributed by atoms with Crippen molar-refractivity contribution in [1.82, 2.24) is 9.29 Å². The minimum atomic E-state index is -1.38. The summed E-state index contributed by atoms with van der Waals surface area (Å²) in [6.07, 6.45) is 8.60. The number of carbonyl (C=O) groups is 1. The molecule has 4 rings (SSSR count). The third kappa shape index (κ3) is 5.43. The number of carboxylic acids is 1. The molecule has 1 aliphatic rings. The predicted octanol–water partition coefficient (Wildman–Crippen LogP) is 5.43. The third-order valence-electron chi connectivity index (χ3n) is 6.47. The highest BCUT2D eigenvalue weighted by Crippen LogP contribution is 2.43. The van der Waals surface area contributed by atoms with Gasteiger partial charge in [-0.05, 0) is 55.2 Å². The highest BCUT2D eigenvalue weighted by atomic mass is 32.2. The maximum atomic E-state index is 15.4. The Morgan fingerprint density at radius 3 is 2.53 bits per heavy atom. The van der Waals surface area contributed by atoms with Crippen LogP contribution in [-0.2, 0) is 11.4 Å². The van der Waals surface area contributed by atoms with Gasteiger partial charge in [0.25, 0.3) is 0 Å². The first-order valence-corrected chi connectivity index (χ1v) is 13.5. The lowest BCUT2D eigenvalue weighted by Crippen LogP contribution is -2.24. The minimum Gasteiger partial charge on any atom is -0.593 e. The number of hydrogen-bond donors (Lipinski definition) is 2. The van der Waals surface area contributed by atoms with Gasteiger partial charge in [0.2, 0.25) is 5.43 Å². The van der Waals surface area contributed by atoms with Crippen molar-refractivity contribution in [2.45, 2.75) is 62.8 Å². The van der Waals surface area contributed by atoms with Gasteiger partial charge in [-0.2, -0.15) is 0 Å². The molecule has 0 saturated heterocycles. The first kappa shape index (κ1) is 26.2. The Kier molecular flexibility index (Phi) is 8.33. The number of rotatable bonds is 12. The molecule has 9 heteroatoms. The number of aromatic nitrogens is 1. The Morgan fingerprint density at radius 2 is 1.92 bits per heavy atom. The smallest absolute Gasteiger partial charge is 0.341 e. The minimum absolute atomic E-state index is 0.0243. The monoisotopic (exact) mass is 514 g/mol. The quantitative estimate of drug-likeness (QED) is 0.247. The van der Waals surface area contributed by atoms with E-state index in [-0.39, 0.29) is 22.7 Å². The molecule has 7 nitrogen and oxygen atoms in total. The van der Waals surface area contributed by atoms with Gasteiger partial charge >= 0.3 is 5.97 Å². The molecule has 0 aliphatic heterocycles. The van der Waals surface area contributed by atoms with Gasteiger partial charge in [-0.15, -0.1) is 4.72 Å². The fourth-order valence-electron chi connectivity index (χ4n) is 4.44. The van der Waals surface area contributed by atoms with Crippen LogP contribution in [0.1, 0.15) is 68.3 Å². The summed E-state index contributed by atoms with van der Waals surface area (Å²) in [4.78, 5) is 25.1. The van der Waals surface area contributed by atoms with Crippen molar-refractivity contribution >= 4 is 28.2 Å². The van der Waals surface area contributed by atoms with Crippen LogP contribution in [0.4, 0.5) is 4.39 Å². The normalized spacial score (nSPS) is 14.2. The second kappa shape index (κ2) is 11.5. The zero-order valence-electron chi connectivity index (χ0n) is 20.5. The maximum Gasteiger partial charge on any atom is 0.341 e. The van der Waals surface area contributed by atoms with Gasteiger partial charge in [0, 0.05) is 18.8 Å². The van der Waals surface area contributed by atoms with Crippen LogP contribution >= 0.6 is 0 Å². The van der Waals surface area contributed by atoms with Gasteiger partial charge in [-0.3, -0.25) is 4.79 Å². The Labute approximate surface area is 212 Å².